The van der Waals surface area contributed by atoms with Crippen LogP contribution in [0.3, 0.4) is 0 Å². The molecule has 3 nitrogen and oxygen atoms in total. The predicted octanol–water partition coefficient (Wildman–Crippen LogP) is 2.73. The number of thiocarbonyl (C=S) groups is 1. The quantitative estimate of drug-likeness (QED) is 0.883. The van der Waals surface area contributed by atoms with Crippen LogP contribution in [0.15, 0.2) is 48.5 Å². The third kappa shape index (κ3) is 3.86. The monoisotopic (exact) mass is 302 g/mol. The molecule has 0 fully saturated rings. The molecule has 2 rings (SSSR count). The Labute approximate surface area is 128 Å². The number of rotatable bonds is 4. The Morgan fingerprint density at radius 2 is 1.81 bits per heavy atom. The van der Waals surface area contributed by atoms with Crippen LogP contribution in [0.2, 0.25) is 0 Å². The van der Waals surface area contributed by atoms with E-state index in [1.165, 1.54) is 17.0 Å². The topological polar surface area (TPSA) is 46.3 Å². The van der Waals surface area contributed by atoms with E-state index < -0.39 is 0 Å². The van der Waals surface area contributed by atoms with Crippen LogP contribution in [0, 0.1) is 5.82 Å². The molecule has 0 unspecified atom stereocenters. The molecule has 0 atom stereocenters. The zero-order valence-electron chi connectivity index (χ0n) is 11.5. The minimum absolute atomic E-state index is 0.145. The van der Waals surface area contributed by atoms with Crippen LogP contribution in [-0.4, -0.2) is 22.8 Å². The first-order valence-corrected chi connectivity index (χ1v) is 6.78. The van der Waals surface area contributed by atoms with Crippen LogP contribution in [0.25, 0.3) is 0 Å². The lowest BCUT2D eigenvalue weighted by atomic mass is 10.1. The van der Waals surface area contributed by atoms with Crippen molar-refractivity contribution in [3.05, 3.63) is 71.0 Å². The van der Waals surface area contributed by atoms with Crippen LogP contribution < -0.4 is 5.73 Å². The largest absolute Gasteiger partial charge is 0.389 e. The Hall–Kier alpha value is -2.27. The molecule has 0 bridgehead atoms. The van der Waals surface area contributed by atoms with Gasteiger partial charge in [-0.2, -0.15) is 0 Å². The number of hydrogen-bond donors (Lipinski definition) is 1. The van der Waals surface area contributed by atoms with Gasteiger partial charge in [0.15, 0.2) is 0 Å². The molecule has 0 heterocycles. The minimum atomic E-state index is -0.311. The van der Waals surface area contributed by atoms with E-state index in [2.05, 4.69) is 0 Å². The van der Waals surface area contributed by atoms with Gasteiger partial charge in [-0.25, -0.2) is 4.39 Å². The number of carbonyl (C=O) groups is 1. The summed E-state index contributed by atoms with van der Waals surface area (Å²) in [6.07, 6.45) is 0. The van der Waals surface area contributed by atoms with Crippen molar-refractivity contribution in [3.8, 4) is 0 Å². The van der Waals surface area contributed by atoms with Gasteiger partial charge in [0.25, 0.3) is 5.91 Å². The second kappa shape index (κ2) is 6.45. The van der Waals surface area contributed by atoms with Crippen LogP contribution in [0.1, 0.15) is 21.5 Å². The standard InChI is InChI=1S/C16H15FN2OS/c1-19(10-11-3-2-4-14(17)9-11)16(20)13-7-5-12(6-8-13)15(18)21/h2-9H,10H2,1H3,(H2,18,21). The molecule has 2 aromatic rings. The number of nitrogens with two attached hydrogens (primary N) is 1. The number of amides is 1. The summed E-state index contributed by atoms with van der Waals surface area (Å²) in [4.78, 5) is 14.1. The van der Waals surface area contributed by atoms with Gasteiger partial charge in [-0.15, -0.1) is 0 Å². The SMILES string of the molecule is CN(Cc1cccc(F)c1)C(=O)c1ccc(C(N)=S)cc1. The average molecular weight is 302 g/mol. The highest BCUT2D eigenvalue weighted by Gasteiger charge is 2.12. The molecule has 2 N–H and O–H groups in total. The van der Waals surface area contributed by atoms with Crippen LogP contribution in [0.4, 0.5) is 4.39 Å². The molecule has 0 saturated heterocycles. The maximum atomic E-state index is 13.1. The Balaban J connectivity index is 2.10. The second-order valence-corrected chi connectivity index (χ2v) is 5.17. The molecule has 0 aliphatic carbocycles. The zero-order valence-corrected chi connectivity index (χ0v) is 12.4. The van der Waals surface area contributed by atoms with E-state index in [0.717, 1.165) is 5.56 Å². The molecule has 21 heavy (non-hydrogen) atoms. The molecule has 0 spiro atoms. The van der Waals surface area contributed by atoms with Crippen LogP contribution in [0.5, 0.6) is 0 Å². The lowest BCUT2D eigenvalue weighted by Crippen LogP contribution is -2.26. The van der Waals surface area contributed by atoms with Gasteiger partial charge in [-0.3, -0.25) is 4.79 Å². The number of hydrogen-bond acceptors (Lipinski definition) is 2. The maximum Gasteiger partial charge on any atom is 0.253 e. The molecule has 1 amide bonds. The molecule has 0 radical (unpaired) electrons. The van der Waals surface area contributed by atoms with Crippen molar-refractivity contribution in [1.29, 1.82) is 0 Å². The van der Waals surface area contributed by atoms with Gasteiger partial charge in [0.2, 0.25) is 0 Å². The highest BCUT2D eigenvalue weighted by Crippen LogP contribution is 2.11. The van der Waals surface area contributed by atoms with Crippen LogP contribution in [-0.2, 0) is 6.54 Å². The molecule has 2 aromatic carbocycles. The predicted molar refractivity (Wildman–Crippen MR) is 84.5 cm³/mol. The normalized spacial score (nSPS) is 10.2. The van der Waals surface area contributed by atoms with Gasteiger partial charge in [0, 0.05) is 24.7 Å². The van der Waals surface area contributed by atoms with Crippen LogP contribution >= 0.6 is 12.2 Å². The summed E-state index contributed by atoms with van der Waals surface area (Å²) in [5.74, 6) is -0.456. The Kier molecular flexibility index (Phi) is 4.65. The number of benzene rings is 2. The lowest BCUT2D eigenvalue weighted by Gasteiger charge is -2.17. The van der Waals surface area contributed by atoms with E-state index >= 15 is 0 Å². The summed E-state index contributed by atoms with van der Waals surface area (Å²) in [7, 11) is 1.68. The summed E-state index contributed by atoms with van der Waals surface area (Å²) in [6, 6.07) is 13.0. The van der Waals surface area contributed by atoms with E-state index in [1.54, 1.807) is 43.4 Å². The summed E-state index contributed by atoms with van der Waals surface area (Å²) in [5.41, 5.74) is 7.51. The van der Waals surface area contributed by atoms with Gasteiger partial charge in [0.1, 0.15) is 10.8 Å². The van der Waals surface area contributed by atoms with Crippen molar-refractivity contribution < 1.29 is 9.18 Å². The average Bonchev–Trinajstić information content (AvgIpc) is 2.46. The van der Waals surface area contributed by atoms with Gasteiger partial charge in [-0.1, -0.05) is 36.5 Å². The van der Waals surface area contributed by atoms with E-state index in [-0.39, 0.29) is 11.7 Å². The molecule has 0 aliphatic heterocycles. The van der Waals surface area contributed by atoms with E-state index in [4.69, 9.17) is 18.0 Å². The minimum Gasteiger partial charge on any atom is -0.389 e. The van der Waals surface area contributed by atoms with E-state index in [0.29, 0.717) is 22.7 Å². The Bertz CT molecular complexity index is 670. The maximum absolute atomic E-state index is 13.1. The van der Waals surface area contributed by atoms with Crippen molar-refractivity contribution in [2.45, 2.75) is 6.54 Å². The van der Waals surface area contributed by atoms with Crippen molar-refractivity contribution in [3.63, 3.8) is 0 Å². The van der Waals surface area contributed by atoms with Gasteiger partial charge in [-0.05, 0) is 29.8 Å². The molecule has 5 heteroatoms. The number of carbonyl (C=O) groups excluding carboxylic acids is 1. The smallest absolute Gasteiger partial charge is 0.253 e. The molecule has 0 aliphatic rings. The lowest BCUT2D eigenvalue weighted by molar-refractivity contribution is 0.0785. The van der Waals surface area contributed by atoms with Gasteiger partial charge in [0.05, 0.1) is 0 Å². The fraction of sp³-hybridized carbons (Fsp3) is 0.125. The van der Waals surface area contributed by atoms with Crippen molar-refractivity contribution in [1.82, 2.24) is 4.90 Å². The highest BCUT2D eigenvalue weighted by molar-refractivity contribution is 7.80. The third-order valence-corrected chi connectivity index (χ3v) is 3.31. The number of nitrogens with zero attached hydrogens (tertiary/aromatic N) is 1. The Morgan fingerprint density at radius 1 is 1.19 bits per heavy atom. The van der Waals surface area contributed by atoms with E-state index in [9.17, 15) is 9.18 Å². The van der Waals surface area contributed by atoms with Crippen molar-refractivity contribution in [2.75, 3.05) is 7.05 Å². The van der Waals surface area contributed by atoms with Gasteiger partial charge >= 0.3 is 0 Å². The molecule has 0 aromatic heterocycles. The first-order valence-electron chi connectivity index (χ1n) is 6.37. The second-order valence-electron chi connectivity index (χ2n) is 4.73. The van der Waals surface area contributed by atoms with Crippen molar-refractivity contribution >= 4 is 23.1 Å². The molecular weight excluding hydrogens is 287 g/mol. The molecule has 108 valence electrons. The summed E-state index contributed by atoms with van der Waals surface area (Å²) in [6.45, 7) is 0.341. The highest BCUT2D eigenvalue weighted by atomic mass is 32.1. The summed E-state index contributed by atoms with van der Waals surface area (Å²) < 4.78 is 13.1. The third-order valence-electron chi connectivity index (χ3n) is 3.07. The zero-order chi connectivity index (χ0) is 15.4. The fourth-order valence-corrected chi connectivity index (χ4v) is 2.11. The number of halogens is 1. The first kappa shape index (κ1) is 15.1. The molecule has 0 saturated carbocycles. The fourth-order valence-electron chi connectivity index (χ4n) is 1.98. The Morgan fingerprint density at radius 3 is 2.38 bits per heavy atom. The summed E-state index contributed by atoms with van der Waals surface area (Å²) in [5, 5.41) is 0. The first-order chi connectivity index (χ1) is 9.97. The van der Waals surface area contributed by atoms with Gasteiger partial charge < -0.3 is 10.6 Å². The van der Waals surface area contributed by atoms with E-state index in [1.807, 2.05) is 0 Å². The molecular formula is C16H15FN2OS. The summed E-state index contributed by atoms with van der Waals surface area (Å²) >= 11 is 4.87. The van der Waals surface area contributed by atoms with Crippen molar-refractivity contribution in [2.24, 2.45) is 5.73 Å².